The molecule has 0 aliphatic carbocycles. The maximum atomic E-state index is 13.3. The normalized spacial score (nSPS) is 12.0. The molecule has 2 aromatic heterocycles. The van der Waals surface area contributed by atoms with E-state index in [1.807, 2.05) is 79.3 Å². The average Bonchev–Trinajstić information content (AvgIpc) is 3.16. The van der Waals surface area contributed by atoms with Gasteiger partial charge < -0.3 is 14.6 Å². The summed E-state index contributed by atoms with van der Waals surface area (Å²) in [4.78, 5) is 22.3. The first-order chi connectivity index (χ1) is 14.1. The van der Waals surface area contributed by atoms with Crippen LogP contribution in [0.3, 0.4) is 0 Å². The molecule has 1 N–H and O–H groups in total. The smallest absolute Gasteiger partial charge is 0.252 e. The van der Waals surface area contributed by atoms with Crippen molar-refractivity contribution in [3.63, 3.8) is 0 Å². The van der Waals surface area contributed by atoms with Gasteiger partial charge in [0.1, 0.15) is 17.6 Å². The molecule has 0 saturated carbocycles. The van der Waals surface area contributed by atoms with Crippen LogP contribution in [0.4, 0.5) is 0 Å². The lowest BCUT2D eigenvalue weighted by Crippen LogP contribution is -2.31. The van der Waals surface area contributed by atoms with Gasteiger partial charge in [0.15, 0.2) is 0 Å². The van der Waals surface area contributed by atoms with E-state index in [0.29, 0.717) is 5.56 Å². The van der Waals surface area contributed by atoms with Gasteiger partial charge in [-0.15, -0.1) is 0 Å². The number of nitrogens with one attached hydrogen (secondary N) is 1. The number of para-hydroxylation sites is 1. The molecular formula is C23H22N4O2. The van der Waals surface area contributed by atoms with Crippen LogP contribution < -0.4 is 10.1 Å². The fraction of sp³-hybridized carbons (Fsp3) is 0.174. The molecule has 2 heterocycles. The van der Waals surface area contributed by atoms with Crippen LogP contribution in [0.1, 0.15) is 33.5 Å². The van der Waals surface area contributed by atoms with Crippen molar-refractivity contribution in [1.82, 2.24) is 19.9 Å². The number of imidazole rings is 1. The molecule has 146 valence electrons. The van der Waals surface area contributed by atoms with Crippen molar-refractivity contribution in [2.75, 3.05) is 7.11 Å². The molecule has 6 heteroatoms. The maximum Gasteiger partial charge on any atom is 0.252 e. The van der Waals surface area contributed by atoms with E-state index >= 15 is 0 Å². The number of aromatic nitrogens is 3. The van der Waals surface area contributed by atoms with Crippen LogP contribution in [-0.2, 0) is 7.05 Å². The summed E-state index contributed by atoms with van der Waals surface area (Å²) in [6, 6.07) is 16.7. The quantitative estimate of drug-likeness (QED) is 0.566. The number of aryl methyl sites for hydroxylation is 2. The summed E-state index contributed by atoms with van der Waals surface area (Å²) in [5, 5.41) is 3.98. The number of amides is 1. The molecule has 0 saturated heterocycles. The fourth-order valence-corrected chi connectivity index (χ4v) is 3.48. The minimum absolute atomic E-state index is 0.178. The first-order valence-corrected chi connectivity index (χ1v) is 9.35. The number of rotatable bonds is 5. The summed E-state index contributed by atoms with van der Waals surface area (Å²) in [6.45, 7) is 1.89. The van der Waals surface area contributed by atoms with Crippen molar-refractivity contribution < 1.29 is 9.53 Å². The highest BCUT2D eigenvalue weighted by Crippen LogP contribution is 2.26. The second kappa shape index (κ2) is 7.75. The highest BCUT2D eigenvalue weighted by Gasteiger charge is 2.23. The summed E-state index contributed by atoms with van der Waals surface area (Å²) in [7, 11) is 3.53. The fourth-order valence-electron chi connectivity index (χ4n) is 3.48. The lowest BCUT2D eigenvalue weighted by Gasteiger charge is -2.20. The summed E-state index contributed by atoms with van der Waals surface area (Å²) in [5.41, 5.74) is 3.08. The third-order valence-corrected chi connectivity index (χ3v) is 4.91. The Kier molecular flexibility index (Phi) is 4.99. The molecule has 29 heavy (non-hydrogen) atoms. The van der Waals surface area contributed by atoms with Crippen molar-refractivity contribution in [2.45, 2.75) is 13.0 Å². The zero-order chi connectivity index (χ0) is 20.4. The number of pyridine rings is 1. The molecule has 1 unspecified atom stereocenters. The second-order valence-electron chi connectivity index (χ2n) is 6.91. The molecule has 0 spiro atoms. The number of hydrogen-bond donors (Lipinski definition) is 1. The van der Waals surface area contributed by atoms with Crippen molar-refractivity contribution in [2.24, 2.45) is 7.05 Å². The Balaban J connectivity index is 1.77. The Morgan fingerprint density at radius 1 is 1.14 bits per heavy atom. The molecule has 0 radical (unpaired) electrons. The number of fused-ring (bicyclic) bond motifs is 1. The molecule has 0 aliphatic rings. The zero-order valence-corrected chi connectivity index (χ0v) is 16.6. The Morgan fingerprint density at radius 3 is 2.72 bits per heavy atom. The second-order valence-corrected chi connectivity index (χ2v) is 6.91. The molecule has 4 aromatic rings. The van der Waals surface area contributed by atoms with Gasteiger partial charge in [0, 0.05) is 30.5 Å². The van der Waals surface area contributed by atoms with Crippen molar-refractivity contribution in [3.05, 3.63) is 89.6 Å². The Bertz CT molecular complexity index is 1180. The van der Waals surface area contributed by atoms with Crippen LogP contribution in [-0.4, -0.2) is 27.6 Å². The van der Waals surface area contributed by atoms with Crippen molar-refractivity contribution >= 4 is 16.8 Å². The topological polar surface area (TPSA) is 69.0 Å². The number of methoxy groups -OCH3 is 1. The molecule has 1 amide bonds. The predicted octanol–water partition coefficient (Wildman–Crippen LogP) is 3.80. The zero-order valence-electron chi connectivity index (χ0n) is 16.6. The number of nitrogens with zero attached hydrogens (tertiary/aromatic N) is 3. The summed E-state index contributed by atoms with van der Waals surface area (Å²) >= 11 is 0. The van der Waals surface area contributed by atoms with Crippen molar-refractivity contribution in [3.8, 4) is 5.75 Å². The standard InChI is InChI=1S/C23H22N4O2/c1-15-13-19(18-9-4-5-10-20(18)25-15)23(28)26-21(22-24-11-12-27(22)2)16-7-6-8-17(14-16)29-3/h4-14,21H,1-3H3,(H,26,28). The third kappa shape index (κ3) is 3.69. The molecule has 0 aliphatic heterocycles. The van der Waals surface area contributed by atoms with Gasteiger partial charge in [-0.05, 0) is 36.8 Å². The molecule has 2 aromatic carbocycles. The first kappa shape index (κ1) is 18.7. The molecule has 0 fully saturated rings. The van der Waals surface area contributed by atoms with Crippen LogP contribution in [0, 0.1) is 6.92 Å². The van der Waals surface area contributed by atoms with Gasteiger partial charge in [0.05, 0.1) is 18.2 Å². The summed E-state index contributed by atoms with van der Waals surface area (Å²) in [5.74, 6) is 1.28. The minimum Gasteiger partial charge on any atom is -0.497 e. The predicted molar refractivity (Wildman–Crippen MR) is 112 cm³/mol. The monoisotopic (exact) mass is 386 g/mol. The van der Waals surface area contributed by atoms with Gasteiger partial charge in [-0.1, -0.05) is 30.3 Å². The Labute approximate surface area is 169 Å². The van der Waals surface area contributed by atoms with Gasteiger partial charge in [-0.2, -0.15) is 0 Å². The number of carbonyl (C=O) groups is 1. The van der Waals surface area contributed by atoms with Gasteiger partial charge in [-0.3, -0.25) is 9.78 Å². The van der Waals surface area contributed by atoms with Gasteiger partial charge in [-0.25, -0.2) is 4.98 Å². The first-order valence-electron chi connectivity index (χ1n) is 9.35. The van der Waals surface area contributed by atoms with Crippen LogP contribution in [0.2, 0.25) is 0 Å². The van der Waals surface area contributed by atoms with Crippen LogP contribution in [0.25, 0.3) is 10.9 Å². The minimum atomic E-state index is -0.426. The number of ether oxygens (including phenoxy) is 1. The average molecular weight is 386 g/mol. The molecule has 6 nitrogen and oxygen atoms in total. The maximum absolute atomic E-state index is 13.3. The number of hydrogen-bond acceptors (Lipinski definition) is 4. The Hall–Kier alpha value is -3.67. The Morgan fingerprint density at radius 2 is 1.97 bits per heavy atom. The van der Waals surface area contributed by atoms with E-state index in [2.05, 4.69) is 15.3 Å². The van der Waals surface area contributed by atoms with Crippen LogP contribution in [0.15, 0.2) is 67.0 Å². The van der Waals surface area contributed by atoms with Crippen LogP contribution in [0.5, 0.6) is 5.75 Å². The van der Waals surface area contributed by atoms with Gasteiger partial charge in [0.2, 0.25) is 0 Å². The van der Waals surface area contributed by atoms with E-state index in [1.165, 1.54) is 0 Å². The third-order valence-electron chi connectivity index (χ3n) is 4.91. The van der Waals surface area contributed by atoms with Crippen LogP contribution >= 0.6 is 0 Å². The van der Waals surface area contributed by atoms with Crippen molar-refractivity contribution in [1.29, 1.82) is 0 Å². The summed E-state index contributed by atoms with van der Waals surface area (Å²) < 4.78 is 7.27. The number of benzene rings is 2. The number of carbonyl (C=O) groups excluding carboxylic acids is 1. The molecule has 1 atom stereocenters. The lowest BCUT2D eigenvalue weighted by molar-refractivity contribution is 0.0942. The van der Waals surface area contributed by atoms with E-state index in [1.54, 1.807) is 13.3 Å². The van der Waals surface area contributed by atoms with Gasteiger partial charge in [0.25, 0.3) is 5.91 Å². The van der Waals surface area contributed by atoms with E-state index in [9.17, 15) is 4.79 Å². The summed E-state index contributed by atoms with van der Waals surface area (Å²) in [6.07, 6.45) is 3.58. The molecular weight excluding hydrogens is 364 g/mol. The van der Waals surface area contributed by atoms with E-state index in [4.69, 9.17) is 4.74 Å². The molecule has 4 rings (SSSR count). The van der Waals surface area contributed by atoms with E-state index < -0.39 is 6.04 Å². The lowest BCUT2D eigenvalue weighted by atomic mass is 10.0. The van der Waals surface area contributed by atoms with Gasteiger partial charge >= 0.3 is 0 Å². The largest absolute Gasteiger partial charge is 0.497 e. The van der Waals surface area contributed by atoms with E-state index in [-0.39, 0.29) is 5.91 Å². The highest BCUT2D eigenvalue weighted by atomic mass is 16.5. The SMILES string of the molecule is COc1cccc(C(NC(=O)c2cc(C)nc3ccccc23)c2nccn2C)c1. The van der Waals surface area contributed by atoms with E-state index in [0.717, 1.165) is 33.7 Å². The highest BCUT2D eigenvalue weighted by molar-refractivity contribution is 6.06. The molecule has 0 bridgehead atoms.